The molecule has 0 amide bonds. The summed E-state index contributed by atoms with van der Waals surface area (Å²) in [5.74, 6) is -0.774. The highest BCUT2D eigenvalue weighted by Gasteiger charge is 2.16. The summed E-state index contributed by atoms with van der Waals surface area (Å²) in [6.45, 7) is 9.74. The summed E-state index contributed by atoms with van der Waals surface area (Å²) in [5, 5.41) is 0. The molecular weight excluding hydrogens is 217 g/mol. The number of hydrogen-bond acceptors (Lipinski definition) is 2. The van der Waals surface area contributed by atoms with E-state index in [0.29, 0.717) is 18.8 Å². The van der Waals surface area contributed by atoms with Crippen molar-refractivity contribution in [3.8, 4) is 0 Å². The van der Waals surface area contributed by atoms with Crippen molar-refractivity contribution in [2.24, 2.45) is 0 Å². The third-order valence-electron chi connectivity index (χ3n) is 2.38. The largest absolute Gasteiger partial charge is 0.363 e. The Morgan fingerprint density at radius 2 is 1.94 bits per heavy atom. The van der Waals surface area contributed by atoms with Crippen LogP contribution in [0.25, 0.3) is 0 Å². The average Bonchev–Trinajstić information content (AvgIpc) is 2.28. The van der Waals surface area contributed by atoms with Gasteiger partial charge in [0.1, 0.15) is 5.82 Å². The van der Waals surface area contributed by atoms with Crippen molar-refractivity contribution >= 4 is 11.5 Å². The van der Waals surface area contributed by atoms with Crippen molar-refractivity contribution in [3.63, 3.8) is 0 Å². The Morgan fingerprint density at radius 1 is 1.35 bits per heavy atom. The molecule has 0 saturated carbocycles. The third-order valence-corrected chi connectivity index (χ3v) is 2.38. The quantitative estimate of drug-likeness (QED) is 0.555. The molecule has 0 aromatic heterocycles. The van der Waals surface area contributed by atoms with Crippen molar-refractivity contribution in [2.75, 3.05) is 18.0 Å². The Morgan fingerprint density at radius 3 is 2.41 bits per heavy atom. The highest BCUT2D eigenvalue weighted by Crippen LogP contribution is 2.23. The Bertz CT molecular complexity index is 430. The van der Waals surface area contributed by atoms with Crippen LogP contribution in [-0.4, -0.2) is 18.9 Å². The minimum Gasteiger partial charge on any atom is -0.363 e. The maximum atomic E-state index is 13.6. The first-order valence-electron chi connectivity index (χ1n) is 5.38. The maximum Gasteiger partial charge on any atom is 0.164 e. The van der Waals surface area contributed by atoms with Crippen LogP contribution >= 0.6 is 0 Å². The second-order valence-electron chi connectivity index (χ2n) is 3.67. The lowest BCUT2D eigenvalue weighted by Crippen LogP contribution is -2.25. The molecule has 0 N–H and O–H groups in total. The molecule has 0 aliphatic heterocycles. The number of carbonyl (C=O) groups is 1. The first-order chi connectivity index (χ1) is 8.11. The molecule has 0 aliphatic rings. The van der Waals surface area contributed by atoms with E-state index in [2.05, 4.69) is 13.2 Å². The SMILES string of the molecule is C=CCN(CC=C)c1cccc(F)c1C(C)=O. The second kappa shape index (κ2) is 5.99. The van der Waals surface area contributed by atoms with Gasteiger partial charge in [0.15, 0.2) is 5.78 Å². The van der Waals surface area contributed by atoms with Crippen LogP contribution in [0.1, 0.15) is 17.3 Å². The first-order valence-corrected chi connectivity index (χ1v) is 5.38. The van der Waals surface area contributed by atoms with E-state index in [1.807, 2.05) is 4.90 Å². The minimum absolute atomic E-state index is 0.121. The summed E-state index contributed by atoms with van der Waals surface area (Å²) in [6.07, 6.45) is 3.41. The first kappa shape index (κ1) is 13.2. The summed E-state index contributed by atoms with van der Waals surface area (Å²) >= 11 is 0. The molecule has 90 valence electrons. The van der Waals surface area contributed by atoms with E-state index in [1.54, 1.807) is 24.3 Å². The van der Waals surface area contributed by atoms with Crippen LogP contribution in [0.2, 0.25) is 0 Å². The van der Waals surface area contributed by atoms with Crippen LogP contribution in [0, 0.1) is 5.82 Å². The van der Waals surface area contributed by atoms with Gasteiger partial charge >= 0.3 is 0 Å². The number of halogens is 1. The molecule has 0 saturated heterocycles. The topological polar surface area (TPSA) is 20.3 Å². The predicted octanol–water partition coefficient (Wildman–Crippen LogP) is 3.21. The Kier molecular flexibility index (Phi) is 4.64. The van der Waals surface area contributed by atoms with Gasteiger partial charge in [0.25, 0.3) is 0 Å². The normalized spacial score (nSPS) is 9.76. The summed E-state index contributed by atoms with van der Waals surface area (Å²) < 4.78 is 13.6. The van der Waals surface area contributed by atoms with E-state index in [0.717, 1.165) is 0 Å². The highest BCUT2D eigenvalue weighted by atomic mass is 19.1. The summed E-state index contributed by atoms with van der Waals surface area (Å²) in [4.78, 5) is 13.3. The lowest BCUT2D eigenvalue weighted by atomic mass is 10.1. The Labute approximate surface area is 101 Å². The van der Waals surface area contributed by atoms with Gasteiger partial charge in [-0.3, -0.25) is 4.79 Å². The van der Waals surface area contributed by atoms with Gasteiger partial charge in [-0.15, -0.1) is 13.2 Å². The van der Waals surface area contributed by atoms with Crippen molar-refractivity contribution in [1.82, 2.24) is 0 Å². The molecule has 0 aliphatic carbocycles. The molecule has 2 nitrogen and oxygen atoms in total. The van der Waals surface area contributed by atoms with Crippen LogP contribution in [0.15, 0.2) is 43.5 Å². The summed E-state index contributed by atoms with van der Waals surface area (Å²) in [5.41, 5.74) is 0.702. The lowest BCUT2D eigenvalue weighted by molar-refractivity contribution is 0.101. The van der Waals surface area contributed by atoms with Gasteiger partial charge in [-0.1, -0.05) is 18.2 Å². The van der Waals surface area contributed by atoms with Gasteiger partial charge < -0.3 is 4.90 Å². The molecule has 1 aromatic carbocycles. The molecule has 3 heteroatoms. The molecule has 0 fully saturated rings. The summed E-state index contributed by atoms with van der Waals surface area (Å²) in [7, 11) is 0. The number of nitrogens with zero attached hydrogens (tertiary/aromatic N) is 1. The zero-order chi connectivity index (χ0) is 12.8. The fourth-order valence-electron chi connectivity index (χ4n) is 1.71. The zero-order valence-corrected chi connectivity index (χ0v) is 9.95. The van der Waals surface area contributed by atoms with Crippen molar-refractivity contribution in [3.05, 3.63) is 54.9 Å². The van der Waals surface area contributed by atoms with Crippen molar-refractivity contribution in [2.45, 2.75) is 6.92 Å². The third kappa shape index (κ3) is 3.03. The molecule has 0 unspecified atom stereocenters. The molecule has 0 spiro atoms. The van der Waals surface area contributed by atoms with Crippen molar-refractivity contribution in [1.29, 1.82) is 0 Å². The standard InChI is InChI=1S/C14H16FNO/c1-4-9-16(10-5-2)13-8-6-7-12(15)14(13)11(3)17/h4-8H,1-2,9-10H2,3H3. The van der Waals surface area contributed by atoms with E-state index in [1.165, 1.54) is 13.0 Å². The van der Waals surface area contributed by atoms with Gasteiger partial charge in [0.2, 0.25) is 0 Å². The number of rotatable bonds is 6. The molecule has 17 heavy (non-hydrogen) atoms. The fraction of sp³-hybridized carbons (Fsp3) is 0.214. The van der Waals surface area contributed by atoms with Crippen LogP contribution in [0.5, 0.6) is 0 Å². The highest BCUT2D eigenvalue weighted by molar-refractivity contribution is 6.00. The smallest absolute Gasteiger partial charge is 0.164 e. The predicted molar refractivity (Wildman–Crippen MR) is 69.0 cm³/mol. The van der Waals surface area contributed by atoms with Crippen LogP contribution in [0.3, 0.4) is 0 Å². The van der Waals surface area contributed by atoms with Gasteiger partial charge in [0, 0.05) is 13.1 Å². The van der Waals surface area contributed by atoms with Crippen LogP contribution < -0.4 is 4.90 Å². The fourth-order valence-corrected chi connectivity index (χ4v) is 1.71. The van der Waals surface area contributed by atoms with E-state index in [4.69, 9.17) is 0 Å². The monoisotopic (exact) mass is 233 g/mol. The van der Waals surface area contributed by atoms with Gasteiger partial charge in [-0.05, 0) is 19.1 Å². The van der Waals surface area contributed by atoms with E-state index >= 15 is 0 Å². The van der Waals surface area contributed by atoms with Crippen molar-refractivity contribution < 1.29 is 9.18 Å². The molecule has 0 atom stereocenters. The number of carbonyl (C=O) groups excluding carboxylic acids is 1. The molecule has 1 rings (SSSR count). The number of hydrogen-bond donors (Lipinski definition) is 0. The lowest BCUT2D eigenvalue weighted by Gasteiger charge is -2.24. The zero-order valence-electron chi connectivity index (χ0n) is 9.95. The molecule has 0 heterocycles. The molecule has 1 aromatic rings. The molecular formula is C14H16FNO. The van der Waals surface area contributed by atoms with Crippen LogP contribution in [0.4, 0.5) is 10.1 Å². The van der Waals surface area contributed by atoms with Crippen LogP contribution in [-0.2, 0) is 0 Å². The number of benzene rings is 1. The number of anilines is 1. The minimum atomic E-state index is -0.492. The van der Waals surface area contributed by atoms with Gasteiger partial charge in [-0.2, -0.15) is 0 Å². The summed E-state index contributed by atoms with van der Waals surface area (Å²) in [6, 6.07) is 4.61. The average molecular weight is 233 g/mol. The van der Waals surface area contributed by atoms with Gasteiger partial charge in [-0.25, -0.2) is 4.39 Å². The van der Waals surface area contributed by atoms with E-state index in [9.17, 15) is 9.18 Å². The Balaban J connectivity index is 3.26. The second-order valence-corrected chi connectivity index (χ2v) is 3.67. The molecule has 0 radical (unpaired) electrons. The Hall–Kier alpha value is -1.90. The number of ketones is 1. The molecule has 0 bridgehead atoms. The van der Waals surface area contributed by atoms with E-state index < -0.39 is 5.82 Å². The maximum absolute atomic E-state index is 13.6. The van der Waals surface area contributed by atoms with Gasteiger partial charge in [0.05, 0.1) is 11.3 Å². The van der Waals surface area contributed by atoms with E-state index in [-0.39, 0.29) is 11.3 Å². The number of Topliss-reactive ketones (excluding diaryl/α,β-unsaturated/α-hetero) is 1.